The van der Waals surface area contributed by atoms with Crippen LogP contribution < -0.4 is 5.73 Å². The second-order valence-corrected chi connectivity index (χ2v) is 5.20. The number of nitrogen functional groups attached to an aromatic ring is 1. The Bertz CT molecular complexity index is 343. The summed E-state index contributed by atoms with van der Waals surface area (Å²) < 4.78 is 3.82. The SMILES string of the molecule is CN(Cc1nnsc1N)C1CCCCC1O. The molecule has 3 N–H and O–H groups in total. The average Bonchev–Trinajstić information content (AvgIpc) is 2.65. The zero-order valence-corrected chi connectivity index (χ0v) is 10.3. The third kappa shape index (κ3) is 2.50. The zero-order chi connectivity index (χ0) is 11.5. The minimum Gasteiger partial charge on any atom is -0.391 e. The minimum atomic E-state index is -0.216. The van der Waals surface area contributed by atoms with Gasteiger partial charge in [-0.15, -0.1) is 5.10 Å². The van der Waals surface area contributed by atoms with Crippen molar-refractivity contribution in [2.75, 3.05) is 12.8 Å². The first-order valence-electron chi connectivity index (χ1n) is 5.63. The van der Waals surface area contributed by atoms with E-state index in [9.17, 15) is 5.11 Å². The number of nitrogens with two attached hydrogens (primary N) is 1. The van der Waals surface area contributed by atoms with E-state index in [-0.39, 0.29) is 12.1 Å². The Morgan fingerprint density at radius 2 is 2.25 bits per heavy atom. The molecule has 5 nitrogen and oxygen atoms in total. The Balaban J connectivity index is 1.96. The van der Waals surface area contributed by atoms with Crippen molar-refractivity contribution >= 4 is 16.5 Å². The molecule has 1 aliphatic carbocycles. The van der Waals surface area contributed by atoms with Gasteiger partial charge in [-0.2, -0.15) is 0 Å². The highest BCUT2D eigenvalue weighted by Crippen LogP contribution is 2.24. The number of nitrogens with zero attached hydrogens (tertiary/aromatic N) is 3. The van der Waals surface area contributed by atoms with Crippen LogP contribution in [0.15, 0.2) is 0 Å². The van der Waals surface area contributed by atoms with E-state index >= 15 is 0 Å². The van der Waals surface area contributed by atoms with Gasteiger partial charge in [0.25, 0.3) is 0 Å². The molecule has 1 fully saturated rings. The average molecular weight is 242 g/mol. The fourth-order valence-corrected chi connectivity index (χ4v) is 2.72. The summed E-state index contributed by atoms with van der Waals surface area (Å²) in [7, 11) is 2.01. The van der Waals surface area contributed by atoms with Gasteiger partial charge >= 0.3 is 0 Å². The van der Waals surface area contributed by atoms with Crippen molar-refractivity contribution in [1.29, 1.82) is 0 Å². The smallest absolute Gasteiger partial charge is 0.132 e. The lowest BCUT2D eigenvalue weighted by Crippen LogP contribution is -2.43. The predicted octanol–water partition coefficient (Wildman–Crippen LogP) is 0.856. The molecular weight excluding hydrogens is 224 g/mol. The fourth-order valence-electron chi connectivity index (χ4n) is 2.28. The maximum Gasteiger partial charge on any atom is 0.132 e. The number of aromatic nitrogens is 2. The molecule has 0 aliphatic heterocycles. The predicted molar refractivity (Wildman–Crippen MR) is 64.1 cm³/mol. The summed E-state index contributed by atoms with van der Waals surface area (Å²) in [5.74, 6) is 0. The van der Waals surface area contributed by atoms with Crippen LogP contribution in [0.2, 0.25) is 0 Å². The van der Waals surface area contributed by atoms with E-state index < -0.39 is 0 Å². The van der Waals surface area contributed by atoms with E-state index in [2.05, 4.69) is 14.5 Å². The van der Waals surface area contributed by atoms with Crippen molar-refractivity contribution in [2.45, 2.75) is 44.4 Å². The Labute approximate surface area is 99.4 Å². The highest BCUT2D eigenvalue weighted by atomic mass is 32.1. The summed E-state index contributed by atoms with van der Waals surface area (Å²) in [6, 6.07) is 0.231. The number of likely N-dealkylation sites (N-methyl/N-ethyl adjacent to an activating group) is 1. The first kappa shape index (κ1) is 11.8. The van der Waals surface area contributed by atoms with Crippen LogP contribution in [0.25, 0.3) is 0 Å². The molecule has 6 heteroatoms. The van der Waals surface area contributed by atoms with E-state index in [1.807, 2.05) is 7.05 Å². The molecule has 0 amide bonds. The lowest BCUT2D eigenvalue weighted by molar-refractivity contribution is 0.0284. The number of anilines is 1. The van der Waals surface area contributed by atoms with Gasteiger partial charge in [-0.25, -0.2) is 0 Å². The van der Waals surface area contributed by atoms with Gasteiger partial charge in [0.2, 0.25) is 0 Å². The van der Waals surface area contributed by atoms with Gasteiger partial charge in [-0.05, 0) is 19.9 Å². The molecule has 1 aromatic heterocycles. The number of hydrogen-bond donors (Lipinski definition) is 2. The molecule has 2 unspecified atom stereocenters. The van der Waals surface area contributed by atoms with Crippen molar-refractivity contribution < 1.29 is 5.11 Å². The van der Waals surface area contributed by atoms with Gasteiger partial charge < -0.3 is 10.8 Å². The third-order valence-corrected chi connectivity index (χ3v) is 3.84. The van der Waals surface area contributed by atoms with E-state index in [0.29, 0.717) is 11.5 Å². The lowest BCUT2D eigenvalue weighted by atomic mass is 9.91. The van der Waals surface area contributed by atoms with Crippen molar-refractivity contribution in [3.8, 4) is 0 Å². The molecule has 0 aromatic carbocycles. The van der Waals surface area contributed by atoms with Gasteiger partial charge in [0, 0.05) is 24.1 Å². The largest absolute Gasteiger partial charge is 0.391 e. The molecule has 0 saturated heterocycles. The molecule has 16 heavy (non-hydrogen) atoms. The van der Waals surface area contributed by atoms with Crippen molar-refractivity contribution in [2.24, 2.45) is 0 Å². The summed E-state index contributed by atoms with van der Waals surface area (Å²) in [6.45, 7) is 0.671. The van der Waals surface area contributed by atoms with Crippen LogP contribution in [0.1, 0.15) is 31.4 Å². The molecule has 1 heterocycles. The highest BCUT2D eigenvalue weighted by Gasteiger charge is 2.27. The minimum absolute atomic E-state index is 0.216. The van der Waals surface area contributed by atoms with Crippen LogP contribution in [0, 0.1) is 0 Å². The van der Waals surface area contributed by atoms with Crippen LogP contribution >= 0.6 is 11.5 Å². The topological polar surface area (TPSA) is 75.3 Å². The van der Waals surface area contributed by atoms with E-state index in [1.54, 1.807) is 0 Å². The van der Waals surface area contributed by atoms with Gasteiger partial charge in [0.05, 0.1) is 6.10 Å². The Hall–Kier alpha value is -0.720. The summed E-state index contributed by atoms with van der Waals surface area (Å²) in [5, 5.41) is 14.6. The molecule has 0 radical (unpaired) electrons. The van der Waals surface area contributed by atoms with Crippen molar-refractivity contribution in [3.05, 3.63) is 5.69 Å². The number of hydrogen-bond acceptors (Lipinski definition) is 6. The standard InChI is InChI=1S/C10H18N4OS/c1-14(6-7-10(11)16-13-12-7)8-4-2-3-5-9(8)15/h8-9,15H,2-6,11H2,1H3. The van der Waals surface area contributed by atoms with Crippen LogP contribution in [-0.2, 0) is 6.54 Å². The first-order valence-corrected chi connectivity index (χ1v) is 6.41. The fraction of sp³-hybridized carbons (Fsp3) is 0.800. The number of aliphatic hydroxyl groups excluding tert-OH is 1. The maximum atomic E-state index is 9.93. The van der Waals surface area contributed by atoms with E-state index in [1.165, 1.54) is 18.0 Å². The monoisotopic (exact) mass is 242 g/mol. The summed E-state index contributed by atoms with van der Waals surface area (Å²) in [4.78, 5) is 2.14. The summed E-state index contributed by atoms with van der Waals surface area (Å²) in [6.07, 6.45) is 4.06. The normalized spacial score (nSPS) is 26.2. The molecule has 2 rings (SSSR count). The number of aliphatic hydroxyl groups is 1. The van der Waals surface area contributed by atoms with Crippen molar-refractivity contribution in [3.63, 3.8) is 0 Å². The van der Waals surface area contributed by atoms with Crippen LogP contribution in [-0.4, -0.2) is 38.8 Å². The van der Waals surface area contributed by atoms with Gasteiger partial charge in [-0.1, -0.05) is 17.3 Å². The van der Waals surface area contributed by atoms with Gasteiger partial charge in [0.15, 0.2) is 0 Å². The van der Waals surface area contributed by atoms with Crippen LogP contribution in [0.3, 0.4) is 0 Å². The molecule has 2 atom stereocenters. The molecular formula is C10H18N4OS. The molecule has 90 valence electrons. The highest BCUT2D eigenvalue weighted by molar-refractivity contribution is 7.09. The zero-order valence-electron chi connectivity index (χ0n) is 9.46. The first-order chi connectivity index (χ1) is 7.68. The van der Waals surface area contributed by atoms with Crippen LogP contribution in [0.5, 0.6) is 0 Å². The Kier molecular flexibility index (Phi) is 3.73. The number of rotatable bonds is 3. The third-order valence-electron chi connectivity index (χ3n) is 3.24. The van der Waals surface area contributed by atoms with E-state index in [0.717, 1.165) is 25.0 Å². The molecule has 1 saturated carbocycles. The van der Waals surface area contributed by atoms with Gasteiger partial charge in [0.1, 0.15) is 10.7 Å². The Morgan fingerprint density at radius 1 is 1.50 bits per heavy atom. The van der Waals surface area contributed by atoms with Crippen molar-refractivity contribution in [1.82, 2.24) is 14.5 Å². The maximum absolute atomic E-state index is 9.93. The molecule has 0 bridgehead atoms. The quantitative estimate of drug-likeness (QED) is 0.822. The second kappa shape index (κ2) is 5.07. The Morgan fingerprint density at radius 3 is 2.88 bits per heavy atom. The molecule has 1 aliphatic rings. The van der Waals surface area contributed by atoms with E-state index in [4.69, 9.17) is 5.73 Å². The molecule has 1 aromatic rings. The lowest BCUT2D eigenvalue weighted by Gasteiger charge is -2.34. The molecule has 0 spiro atoms. The summed E-state index contributed by atoms with van der Waals surface area (Å²) in [5.41, 5.74) is 6.58. The second-order valence-electron chi connectivity index (χ2n) is 4.42. The van der Waals surface area contributed by atoms with Crippen LogP contribution in [0.4, 0.5) is 5.00 Å². The van der Waals surface area contributed by atoms with Gasteiger partial charge in [-0.3, -0.25) is 4.90 Å². The summed E-state index contributed by atoms with van der Waals surface area (Å²) >= 11 is 1.22.